The lowest BCUT2D eigenvalue weighted by Gasteiger charge is -2.32. The molecule has 0 spiro atoms. The van der Waals surface area contributed by atoms with Gasteiger partial charge in [0.25, 0.3) is 0 Å². The van der Waals surface area contributed by atoms with Crippen LogP contribution in [0.1, 0.15) is 19.3 Å². The van der Waals surface area contributed by atoms with Crippen LogP contribution in [0.4, 0.5) is 0 Å². The monoisotopic (exact) mass is 221 g/mol. The third-order valence-electron chi connectivity index (χ3n) is 3.44. The summed E-state index contributed by atoms with van der Waals surface area (Å²) in [5, 5.41) is 9.55. The predicted octanol–water partition coefficient (Wildman–Crippen LogP) is 2.15. The summed E-state index contributed by atoms with van der Waals surface area (Å²) < 4.78 is 5.62. The van der Waals surface area contributed by atoms with Gasteiger partial charge in [-0.1, -0.05) is 18.6 Å². The second kappa shape index (κ2) is 5.21. The molecule has 1 unspecified atom stereocenters. The van der Waals surface area contributed by atoms with Crippen LogP contribution in [0.3, 0.4) is 0 Å². The Morgan fingerprint density at radius 1 is 1.38 bits per heavy atom. The number of hydrogen-bond donors (Lipinski definition) is 2. The summed E-state index contributed by atoms with van der Waals surface area (Å²) >= 11 is 0. The Hall–Kier alpha value is -1.22. The Morgan fingerprint density at radius 3 is 2.69 bits per heavy atom. The van der Waals surface area contributed by atoms with Crippen LogP contribution in [-0.4, -0.2) is 18.3 Å². The van der Waals surface area contributed by atoms with Crippen molar-refractivity contribution < 1.29 is 9.84 Å². The molecule has 1 fully saturated rings. The van der Waals surface area contributed by atoms with E-state index in [0.29, 0.717) is 24.8 Å². The first-order chi connectivity index (χ1) is 7.81. The van der Waals surface area contributed by atoms with Gasteiger partial charge >= 0.3 is 0 Å². The van der Waals surface area contributed by atoms with E-state index in [0.717, 1.165) is 5.92 Å². The molecule has 0 aromatic heterocycles. The maximum absolute atomic E-state index is 9.55. The zero-order valence-corrected chi connectivity index (χ0v) is 9.43. The first-order valence-corrected chi connectivity index (χ1v) is 5.92. The van der Waals surface area contributed by atoms with E-state index in [1.807, 2.05) is 6.07 Å². The zero-order chi connectivity index (χ0) is 11.4. The normalized spacial score (nSPS) is 17.8. The first kappa shape index (κ1) is 11.3. The molecule has 0 aliphatic heterocycles. The number of aromatic hydroxyl groups is 1. The van der Waals surface area contributed by atoms with Gasteiger partial charge in [0.05, 0.1) is 6.61 Å². The molecule has 1 aromatic carbocycles. The molecule has 16 heavy (non-hydrogen) atoms. The van der Waals surface area contributed by atoms with E-state index in [4.69, 9.17) is 10.5 Å². The molecule has 0 bridgehead atoms. The van der Waals surface area contributed by atoms with E-state index in [2.05, 4.69) is 0 Å². The summed E-state index contributed by atoms with van der Waals surface area (Å²) in [6, 6.07) is 7.06. The van der Waals surface area contributed by atoms with E-state index >= 15 is 0 Å². The molecule has 1 aliphatic rings. The zero-order valence-electron chi connectivity index (χ0n) is 9.43. The quantitative estimate of drug-likeness (QED) is 0.801. The van der Waals surface area contributed by atoms with Gasteiger partial charge in [0, 0.05) is 5.92 Å². The van der Waals surface area contributed by atoms with Gasteiger partial charge < -0.3 is 15.6 Å². The second-order valence-corrected chi connectivity index (χ2v) is 4.47. The van der Waals surface area contributed by atoms with E-state index in [1.54, 1.807) is 18.2 Å². The minimum absolute atomic E-state index is 0.201. The molecule has 1 atom stereocenters. The van der Waals surface area contributed by atoms with Crippen molar-refractivity contribution in [2.24, 2.45) is 17.6 Å². The Balaban J connectivity index is 1.88. The molecule has 1 aromatic rings. The fourth-order valence-corrected chi connectivity index (χ4v) is 2.08. The van der Waals surface area contributed by atoms with Crippen molar-refractivity contribution in [1.29, 1.82) is 0 Å². The Morgan fingerprint density at radius 2 is 2.12 bits per heavy atom. The molecule has 3 nitrogen and oxygen atoms in total. The van der Waals surface area contributed by atoms with Gasteiger partial charge in [-0.15, -0.1) is 0 Å². The molecule has 88 valence electrons. The highest BCUT2D eigenvalue weighted by Gasteiger charge is 2.26. The van der Waals surface area contributed by atoms with Gasteiger partial charge in [0.2, 0.25) is 0 Å². The molecular weight excluding hydrogens is 202 g/mol. The summed E-state index contributed by atoms with van der Waals surface area (Å²) in [7, 11) is 0. The van der Waals surface area contributed by atoms with Gasteiger partial charge in [0.15, 0.2) is 11.5 Å². The molecule has 0 radical (unpaired) electrons. The van der Waals surface area contributed by atoms with Crippen LogP contribution in [0, 0.1) is 11.8 Å². The van der Waals surface area contributed by atoms with Crippen molar-refractivity contribution >= 4 is 0 Å². The number of phenolic OH excluding ortho intramolecular Hbond substituents is 1. The smallest absolute Gasteiger partial charge is 0.160 e. The maximum Gasteiger partial charge on any atom is 0.160 e. The third kappa shape index (κ3) is 2.47. The number of benzene rings is 1. The summed E-state index contributed by atoms with van der Waals surface area (Å²) in [4.78, 5) is 0. The molecular formula is C13H19NO2. The van der Waals surface area contributed by atoms with Crippen molar-refractivity contribution in [3.05, 3.63) is 24.3 Å². The average Bonchev–Trinajstić information content (AvgIpc) is 2.23. The van der Waals surface area contributed by atoms with Crippen LogP contribution in [0.15, 0.2) is 24.3 Å². The highest BCUT2D eigenvalue weighted by atomic mass is 16.5. The standard InChI is InChI=1S/C13H19NO2/c14-8-11(10-4-3-5-10)9-16-13-7-2-1-6-12(13)15/h1-2,6-7,10-11,15H,3-5,8-9,14H2. The number of ether oxygens (including phenoxy) is 1. The Kier molecular flexibility index (Phi) is 3.67. The predicted molar refractivity (Wildman–Crippen MR) is 63.5 cm³/mol. The lowest BCUT2D eigenvalue weighted by molar-refractivity contribution is 0.139. The minimum atomic E-state index is 0.201. The van der Waals surface area contributed by atoms with E-state index < -0.39 is 0 Å². The molecule has 0 heterocycles. The molecule has 1 aliphatic carbocycles. The van der Waals surface area contributed by atoms with Gasteiger partial charge in [-0.25, -0.2) is 0 Å². The van der Waals surface area contributed by atoms with Gasteiger partial charge in [-0.3, -0.25) is 0 Å². The lowest BCUT2D eigenvalue weighted by atomic mass is 9.76. The van der Waals surface area contributed by atoms with Gasteiger partial charge in [-0.05, 0) is 37.4 Å². The van der Waals surface area contributed by atoms with Crippen LogP contribution in [-0.2, 0) is 0 Å². The second-order valence-electron chi connectivity index (χ2n) is 4.47. The molecule has 3 N–H and O–H groups in total. The minimum Gasteiger partial charge on any atom is -0.504 e. The van der Waals surface area contributed by atoms with Crippen LogP contribution in [0.2, 0.25) is 0 Å². The average molecular weight is 221 g/mol. The number of nitrogens with two attached hydrogens (primary N) is 1. The van der Waals surface area contributed by atoms with E-state index in [9.17, 15) is 5.11 Å². The van der Waals surface area contributed by atoms with Crippen molar-refractivity contribution in [1.82, 2.24) is 0 Å². The van der Waals surface area contributed by atoms with Crippen molar-refractivity contribution in [3.8, 4) is 11.5 Å². The largest absolute Gasteiger partial charge is 0.504 e. The fourth-order valence-electron chi connectivity index (χ4n) is 2.08. The van der Waals surface area contributed by atoms with Gasteiger partial charge in [-0.2, -0.15) is 0 Å². The lowest BCUT2D eigenvalue weighted by Crippen LogP contribution is -2.32. The SMILES string of the molecule is NCC(COc1ccccc1O)C1CCC1. The van der Waals surface area contributed by atoms with E-state index in [1.165, 1.54) is 19.3 Å². The molecule has 2 rings (SSSR count). The molecule has 0 amide bonds. The summed E-state index contributed by atoms with van der Waals surface area (Å²) in [5.41, 5.74) is 5.74. The van der Waals surface area contributed by atoms with Crippen LogP contribution < -0.4 is 10.5 Å². The number of phenols is 1. The fraction of sp³-hybridized carbons (Fsp3) is 0.538. The van der Waals surface area contributed by atoms with Crippen molar-refractivity contribution in [2.45, 2.75) is 19.3 Å². The van der Waals surface area contributed by atoms with E-state index in [-0.39, 0.29) is 5.75 Å². The molecule has 3 heteroatoms. The number of hydrogen-bond acceptors (Lipinski definition) is 3. The van der Waals surface area contributed by atoms with Crippen LogP contribution >= 0.6 is 0 Å². The Labute approximate surface area is 96.2 Å². The highest BCUT2D eigenvalue weighted by Crippen LogP contribution is 2.34. The molecule has 1 saturated carbocycles. The summed E-state index contributed by atoms with van der Waals surface area (Å²) in [6.07, 6.45) is 3.86. The molecule has 0 saturated heterocycles. The topological polar surface area (TPSA) is 55.5 Å². The Bertz CT molecular complexity index is 336. The number of rotatable bonds is 5. The summed E-state index contributed by atoms with van der Waals surface area (Å²) in [5.74, 6) is 1.90. The van der Waals surface area contributed by atoms with Crippen molar-refractivity contribution in [3.63, 3.8) is 0 Å². The van der Waals surface area contributed by atoms with Crippen LogP contribution in [0.25, 0.3) is 0 Å². The highest BCUT2D eigenvalue weighted by molar-refractivity contribution is 5.37. The van der Waals surface area contributed by atoms with Crippen molar-refractivity contribution in [2.75, 3.05) is 13.2 Å². The first-order valence-electron chi connectivity index (χ1n) is 5.92. The third-order valence-corrected chi connectivity index (χ3v) is 3.44. The number of para-hydroxylation sites is 2. The summed E-state index contributed by atoms with van der Waals surface area (Å²) in [6.45, 7) is 1.27. The van der Waals surface area contributed by atoms with Gasteiger partial charge in [0.1, 0.15) is 0 Å². The van der Waals surface area contributed by atoms with Crippen LogP contribution in [0.5, 0.6) is 11.5 Å². The maximum atomic E-state index is 9.55.